The van der Waals surface area contributed by atoms with Crippen molar-refractivity contribution in [1.82, 2.24) is 0 Å². The Morgan fingerprint density at radius 3 is 2.53 bits per heavy atom. The third kappa shape index (κ3) is 3.10. The molecule has 3 unspecified atom stereocenters. The first-order valence-electron chi connectivity index (χ1n) is 7.05. The van der Waals surface area contributed by atoms with Crippen molar-refractivity contribution in [2.45, 2.75) is 57.9 Å². The molecule has 17 heavy (non-hydrogen) atoms. The third-order valence-electron chi connectivity index (χ3n) is 4.11. The molecule has 0 heterocycles. The average molecular weight is 231 g/mol. The van der Waals surface area contributed by atoms with Crippen molar-refractivity contribution >= 4 is 0 Å². The summed E-state index contributed by atoms with van der Waals surface area (Å²) in [6.45, 7) is 4.58. The van der Waals surface area contributed by atoms with Gasteiger partial charge in [-0.1, -0.05) is 44.5 Å². The fraction of sp³-hybridized carbons (Fsp3) is 0.625. The summed E-state index contributed by atoms with van der Waals surface area (Å²) in [6, 6.07) is 9.53. The highest BCUT2D eigenvalue weighted by molar-refractivity contribution is 5.27. The zero-order valence-corrected chi connectivity index (χ0v) is 11.2. The molecule has 1 aromatic carbocycles. The second-order valence-electron chi connectivity index (χ2n) is 5.68. The van der Waals surface area contributed by atoms with Crippen LogP contribution in [0.15, 0.2) is 24.3 Å². The van der Waals surface area contributed by atoms with E-state index in [9.17, 15) is 0 Å². The van der Waals surface area contributed by atoms with Crippen LogP contribution in [0.3, 0.4) is 0 Å². The Kier molecular flexibility index (Phi) is 4.22. The van der Waals surface area contributed by atoms with Gasteiger partial charge in [0.15, 0.2) is 0 Å². The highest BCUT2D eigenvalue weighted by Gasteiger charge is 2.26. The number of hydrogen-bond acceptors (Lipinski definition) is 1. The van der Waals surface area contributed by atoms with Crippen LogP contribution in [0.5, 0.6) is 0 Å². The molecular weight excluding hydrogens is 206 g/mol. The summed E-state index contributed by atoms with van der Waals surface area (Å²) in [6.07, 6.45) is 6.15. The van der Waals surface area contributed by atoms with Crippen LogP contribution in [0, 0.1) is 5.92 Å². The van der Waals surface area contributed by atoms with E-state index >= 15 is 0 Å². The van der Waals surface area contributed by atoms with Crippen LogP contribution >= 0.6 is 0 Å². The standard InChI is InChI=1S/C16H25N/c1-3-4-13-6-8-14(9-7-13)15-11-12(2)5-10-16(15)17/h6-9,12,15-16H,3-5,10-11,17H2,1-2H3. The van der Waals surface area contributed by atoms with Gasteiger partial charge in [0, 0.05) is 6.04 Å². The smallest absolute Gasteiger partial charge is 0.0108 e. The van der Waals surface area contributed by atoms with Crippen LogP contribution < -0.4 is 5.73 Å². The zero-order valence-electron chi connectivity index (χ0n) is 11.2. The quantitative estimate of drug-likeness (QED) is 0.839. The Morgan fingerprint density at radius 1 is 1.18 bits per heavy atom. The van der Waals surface area contributed by atoms with Gasteiger partial charge in [-0.3, -0.25) is 0 Å². The highest BCUT2D eigenvalue weighted by Crippen LogP contribution is 2.35. The molecular formula is C16H25N. The minimum atomic E-state index is 0.364. The SMILES string of the molecule is CCCc1ccc(C2CC(C)CCC2N)cc1. The molecule has 1 aliphatic rings. The molecule has 1 saturated carbocycles. The lowest BCUT2D eigenvalue weighted by atomic mass is 9.75. The van der Waals surface area contributed by atoms with Crippen LogP contribution in [0.4, 0.5) is 0 Å². The number of hydrogen-bond donors (Lipinski definition) is 1. The van der Waals surface area contributed by atoms with E-state index in [0.29, 0.717) is 12.0 Å². The van der Waals surface area contributed by atoms with Crippen LogP contribution in [0.1, 0.15) is 56.6 Å². The number of aryl methyl sites for hydroxylation is 1. The van der Waals surface area contributed by atoms with E-state index in [0.717, 1.165) is 5.92 Å². The third-order valence-corrected chi connectivity index (χ3v) is 4.11. The van der Waals surface area contributed by atoms with Crippen molar-refractivity contribution in [3.05, 3.63) is 35.4 Å². The molecule has 2 N–H and O–H groups in total. The fourth-order valence-electron chi connectivity index (χ4n) is 3.01. The van der Waals surface area contributed by atoms with Gasteiger partial charge in [0.05, 0.1) is 0 Å². The van der Waals surface area contributed by atoms with Crippen molar-refractivity contribution in [3.63, 3.8) is 0 Å². The summed E-state index contributed by atoms with van der Waals surface area (Å²) in [5.74, 6) is 1.41. The molecule has 0 bridgehead atoms. The molecule has 94 valence electrons. The van der Waals surface area contributed by atoms with E-state index in [1.165, 1.54) is 43.2 Å². The number of benzene rings is 1. The summed E-state index contributed by atoms with van der Waals surface area (Å²) in [5.41, 5.74) is 9.17. The predicted molar refractivity (Wildman–Crippen MR) is 74.2 cm³/mol. The molecule has 0 spiro atoms. The average Bonchev–Trinajstić information content (AvgIpc) is 2.34. The monoisotopic (exact) mass is 231 g/mol. The molecule has 0 aromatic heterocycles. The van der Waals surface area contributed by atoms with Gasteiger partial charge >= 0.3 is 0 Å². The Labute approximate surface area is 105 Å². The van der Waals surface area contributed by atoms with Crippen molar-refractivity contribution in [2.24, 2.45) is 11.7 Å². The highest BCUT2D eigenvalue weighted by atomic mass is 14.7. The summed E-state index contributed by atoms with van der Waals surface area (Å²) < 4.78 is 0. The maximum atomic E-state index is 6.27. The Hall–Kier alpha value is -0.820. The molecule has 2 rings (SSSR count). The van der Waals surface area contributed by atoms with Gasteiger partial charge < -0.3 is 5.73 Å². The van der Waals surface area contributed by atoms with E-state index in [-0.39, 0.29) is 0 Å². The molecule has 1 aliphatic carbocycles. The van der Waals surface area contributed by atoms with Gasteiger partial charge in [-0.15, -0.1) is 0 Å². The predicted octanol–water partition coefficient (Wildman–Crippen LogP) is 3.87. The first-order chi connectivity index (χ1) is 8.20. The van der Waals surface area contributed by atoms with Crippen molar-refractivity contribution in [1.29, 1.82) is 0 Å². The second-order valence-corrected chi connectivity index (χ2v) is 5.68. The Morgan fingerprint density at radius 2 is 1.88 bits per heavy atom. The van der Waals surface area contributed by atoms with Crippen molar-refractivity contribution < 1.29 is 0 Å². The van der Waals surface area contributed by atoms with Gasteiger partial charge in [-0.05, 0) is 48.6 Å². The molecule has 0 amide bonds. The molecule has 1 nitrogen and oxygen atoms in total. The molecule has 1 heteroatoms. The van der Waals surface area contributed by atoms with Gasteiger partial charge in [-0.25, -0.2) is 0 Å². The molecule has 0 aliphatic heterocycles. The van der Waals surface area contributed by atoms with Gasteiger partial charge in [0.25, 0.3) is 0 Å². The van der Waals surface area contributed by atoms with E-state index in [4.69, 9.17) is 5.73 Å². The lowest BCUT2D eigenvalue weighted by molar-refractivity contribution is 0.306. The molecule has 3 atom stereocenters. The normalized spacial score (nSPS) is 29.2. The van der Waals surface area contributed by atoms with Gasteiger partial charge in [0.1, 0.15) is 0 Å². The summed E-state index contributed by atoms with van der Waals surface area (Å²) >= 11 is 0. The van der Waals surface area contributed by atoms with Crippen LogP contribution in [0.2, 0.25) is 0 Å². The minimum absolute atomic E-state index is 0.364. The first kappa shape index (κ1) is 12.6. The minimum Gasteiger partial charge on any atom is -0.327 e. The Balaban J connectivity index is 2.10. The second kappa shape index (κ2) is 5.68. The van der Waals surface area contributed by atoms with Gasteiger partial charge in [0.2, 0.25) is 0 Å². The number of nitrogens with two attached hydrogens (primary N) is 1. The van der Waals surface area contributed by atoms with Crippen molar-refractivity contribution in [3.8, 4) is 0 Å². The van der Waals surface area contributed by atoms with E-state index < -0.39 is 0 Å². The largest absolute Gasteiger partial charge is 0.327 e. The molecule has 1 fully saturated rings. The summed E-state index contributed by atoms with van der Waals surface area (Å²) in [7, 11) is 0. The number of rotatable bonds is 3. The van der Waals surface area contributed by atoms with E-state index in [1.807, 2.05) is 0 Å². The van der Waals surface area contributed by atoms with Crippen LogP contribution in [0.25, 0.3) is 0 Å². The lowest BCUT2D eigenvalue weighted by Crippen LogP contribution is -2.33. The van der Waals surface area contributed by atoms with Crippen molar-refractivity contribution in [2.75, 3.05) is 0 Å². The fourth-order valence-corrected chi connectivity index (χ4v) is 3.01. The summed E-state index contributed by atoms with van der Waals surface area (Å²) in [4.78, 5) is 0. The molecule has 1 aromatic rings. The summed E-state index contributed by atoms with van der Waals surface area (Å²) in [5, 5.41) is 0. The maximum absolute atomic E-state index is 6.27. The van der Waals surface area contributed by atoms with E-state index in [2.05, 4.69) is 38.1 Å². The zero-order chi connectivity index (χ0) is 12.3. The molecule has 0 radical (unpaired) electrons. The maximum Gasteiger partial charge on any atom is 0.0108 e. The van der Waals surface area contributed by atoms with Crippen LogP contribution in [-0.2, 0) is 6.42 Å². The topological polar surface area (TPSA) is 26.0 Å². The Bertz CT molecular complexity index is 341. The lowest BCUT2D eigenvalue weighted by Gasteiger charge is -2.33. The molecule has 0 saturated heterocycles. The van der Waals surface area contributed by atoms with E-state index in [1.54, 1.807) is 0 Å². The van der Waals surface area contributed by atoms with Crippen LogP contribution in [-0.4, -0.2) is 6.04 Å². The van der Waals surface area contributed by atoms with Gasteiger partial charge in [-0.2, -0.15) is 0 Å². The first-order valence-corrected chi connectivity index (χ1v) is 7.05.